The number of amidine groups is 1. The Hall–Kier alpha value is -2.22. The summed E-state index contributed by atoms with van der Waals surface area (Å²) in [6.45, 7) is 6.71. The minimum Gasteiger partial charge on any atom is -0.341 e. The highest BCUT2D eigenvalue weighted by Gasteiger charge is 1.91. The maximum absolute atomic E-state index is 4.90. The Bertz CT molecular complexity index is 374. The molecule has 0 saturated heterocycles. The summed E-state index contributed by atoms with van der Waals surface area (Å²) >= 11 is 0. The lowest BCUT2D eigenvalue weighted by atomic mass is 10.5. The molecule has 1 aromatic heterocycles. The highest BCUT2D eigenvalue weighted by molar-refractivity contribution is 5.93. The first-order valence-electron chi connectivity index (χ1n) is 3.94. The molecule has 1 heterocycles. The molecule has 5 heteroatoms. The van der Waals surface area contributed by atoms with Crippen LogP contribution in [-0.2, 0) is 0 Å². The molecule has 1 N–H and O–H groups in total. The molecule has 0 spiro atoms. The van der Waals surface area contributed by atoms with Crippen LogP contribution in [0.5, 0.6) is 0 Å². The normalized spacial score (nSPS) is 11.3. The van der Waals surface area contributed by atoms with Crippen molar-refractivity contribution in [3.63, 3.8) is 0 Å². The third-order valence-electron chi connectivity index (χ3n) is 1.31. The van der Waals surface area contributed by atoms with Gasteiger partial charge in [-0.05, 0) is 11.8 Å². The standard InChI is InChI=1S/C9H10N5/c1-8(13-4-3-10-2)14-9-5-11-7-12-6-9/h2-7H,1H3,(H,13,14)/q+1/b4-3-. The first kappa shape index (κ1) is 9.86. The summed E-state index contributed by atoms with van der Waals surface area (Å²) in [5.41, 5.74) is 0.784. The van der Waals surface area contributed by atoms with Gasteiger partial charge in [0.05, 0.1) is 18.1 Å². The van der Waals surface area contributed by atoms with Gasteiger partial charge < -0.3 is 5.32 Å². The summed E-state index contributed by atoms with van der Waals surface area (Å²) in [6, 6.07) is 0. The molecule has 5 nitrogen and oxygen atoms in total. The second-order valence-electron chi connectivity index (χ2n) is 2.41. The first-order chi connectivity index (χ1) is 6.83. The van der Waals surface area contributed by atoms with Gasteiger partial charge in [0.1, 0.15) is 18.4 Å². The van der Waals surface area contributed by atoms with Crippen molar-refractivity contribution < 1.29 is 0 Å². The number of nitrogens with one attached hydrogen (secondary N) is 1. The van der Waals surface area contributed by atoms with E-state index in [-0.39, 0.29) is 0 Å². The van der Waals surface area contributed by atoms with Gasteiger partial charge in [-0.2, -0.15) is 0 Å². The fraction of sp³-hybridized carbons (Fsp3) is 0.111. The van der Waals surface area contributed by atoms with Crippen molar-refractivity contribution in [3.8, 4) is 6.57 Å². The van der Waals surface area contributed by atoms with E-state index >= 15 is 0 Å². The van der Waals surface area contributed by atoms with Crippen LogP contribution in [-0.4, -0.2) is 15.8 Å². The van der Waals surface area contributed by atoms with Crippen molar-refractivity contribution in [2.75, 3.05) is 5.32 Å². The van der Waals surface area contributed by atoms with E-state index in [4.69, 9.17) is 6.57 Å². The SMILES string of the molecule is C#[N+]/C=C\N=C(C)Nc1cncnc1. The number of anilines is 1. The Balaban J connectivity index is 2.58. The second kappa shape index (κ2) is 5.43. The maximum atomic E-state index is 4.90. The van der Waals surface area contributed by atoms with Crippen LogP contribution in [0.1, 0.15) is 6.92 Å². The molecule has 0 unspecified atom stereocenters. The van der Waals surface area contributed by atoms with Crippen LogP contribution in [0, 0.1) is 6.57 Å². The Morgan fingerprint density at radius 3 is 2.93 bits per heavy atom. The zero-order chi connectivity index (χ0) is 10.2. The lowest BCUT2D eigenvalue weighted by Gasteiger charge is -2.01. The minimum atomic E-state index is 0.708. The Labute approximate surface area is 82.1 Å². The van der Waals surface area contributed by atoms with E-state index in [0.29, 0.717) is 5.84 Å². The third kappa shape index (κ3) is 3.45. The number of aromatic nitrogens is 2. The first-order valence-corrected chi connectivity index (χ1v) is 3.94. The van der Waals surface area contributed by atoms with E-state index in [1.807, 2.05) is 6.92 Å². The smallest absolute Gasteiger partial charge is 0.323 e. The average molecular weight is 188 g/mol. The highest BCUT2D eigenvalue weighted by Crippen LogP contribution is 2.00. The molecule has 0 amide bonds. The predicted octanol–water partition coefficient (Wildman–Crippen LogP) is 1.74. The van der Waals surface area contributed by atoms with Gasteiger partial charge in [-0.1, -0.05) is 0 Å². The van der Waals surface area contributed by atoms with Crippen molar-refractivity contribution in [3.05, 3.63) is 36.0 Å². The summed E-state index contributed by atoms with van der Waals surface area (Å²) in [5, 5.41) is 2.99. The van der Waals surface area contributed by atoms with Crippen molar-refractivity contribution in [2.24, 2.45) is 4.99 Å². The molecule has 0 aromatic carbocycles. The van der Waals surface area contributed by atoms with Crippen LogP contribution >= 0.6 is 0 Å². The quantitative estimate of drug-likeness (QED) is 0.568. The second-order valence-corrected chi connectivity index (χ2v) is 2.41. The van der Waals surface area contributed by atoms with Gasteiger partial charge in [-0.3, -0.25) is 0 Å². The van der Waals surface area contributed by atoms with E-state index < -0.39 is 0 Å². The van der Waals surface area contributed by atoms with Crippen LogP contribution < -0.4 is 5.32 Å². The predicted molar refractivity (Wildman–Crippen MR) is 56.2 cm³/mol. The molecule has 0 saturated carbocycles. The average Bonchev–Trinajstić information content (AvgIpc) is 2.20. The van der Waals surface area contributed by atoms with Gasteiger partial charge in [0.2, 0.25) is 0 Å². The van der Waals surface area contributed by atoms with E-state index in [1.165, 1.54) is 18.7 Å². The molecule has 0 aliphatic heterocycles. The van der Waals surface area contributed by atoms with Gasteiger partial charge in [-0.25, -0.2) is 15.0 Å². The molecular weight excluding hydrogens is 178 g/mol. The van der Waals surface area contributed by atoms with Crippen molar-refractivity contribution in [1.29, 1.82) is 0 Å². The van der Waals surface area contributed by atoms with Crippen LogP contribution in [0.2, 0.25) is 0 Å². The lowest BCUT2D eigenvalue weighted by molar-refractivity contribution is 1.17. The lowest BCUT2D eigenvalue weighted by Crippen LogP contribution is -2.06. The van der Waals surface area contributed by atoms with Crippen LogP contribution in [0.25, 0.3) is 4.85 Å². The fourth-order valence-electron chi connectivity index (χ4n) is 0.788. The zero-order valence-corrected chi connectivity index (χ0v) is 7.75. The van der Waals surface area contributed by atoms with Gasteiger partial charge in [0.15, 0.2) is 0 Å². The van der Waals surface area contributed by atoms with Crippen molar-refractivity contribution in [1.82, 2.24) is 9.97 Å². The number of aliphatic imine (C=N–C) groups is 1. The van der Waals surface area contributed by atoms with Gasteiger partial charge in [-0.15, -0.1) is 0 Å². The summed E-state index contributed by atoms with van der Waals surface area (Å²) in [7, 11) is 0. The topological polar surface area (TPSA) is 54.5 Å². The van der Waals surface area contributed by atoms with Gasteiger partial charge in [0.25, 0.3) is 6.57 Å². The molecule has 0 aliphatic carbocycles. The largest absolute Gasteiger partial charge is 0.341 e. The van der Waals surface area contributed by atoms with Crippen molar-refractivity contribution in [2.45, 2.75) is 6.92 Å². The Kier molecular flexibility index (Phi) is 3.83. The molecule has 0 atom stereocenters. The van der Waals surface area contributed by atoms with Crippen LogP contribution in [0.3, 0.4) is 0 Å². The van der Waals surface area contributed by atoms with E-state index in [9.17, 15) is 0 Å². The summed E-state index contributed by atoms with van der Waals surface area (Å²) < 4.78 is 0. The fourth-order valence-corrected chi connectivity index (χ4v) is 0.788. The van der Waals surface area contributed by atoms with Gasteiger partial charge in [0, 0.05) is 0 Å². The molecule has 0 radical (unpaired) electrons. The number of nitrogens with zero attached hydrogens (tertiary/aromatic N) is 4. The maximum Gasteiger partial charge on any atom is 0.323 e. The molecule has 0 bridgehead atoms. The summed E-state index contributed by atoms with van der Waals surface area (Å²) in [6.07, 6.45) is 7.66. The minimum absolute atomic E-state index is 0.708. The van der Waals surface area contributed by atoms with Gasteiger partial charge >= 0.3 is 6.20 Å². The molecule has 0 aliphatic rings. The Morgan fingerprint density at radius 1 is 1.57 bits per heavy atom. The molecule has 14 heavy (non-hydrogen) atoms. The van der Waals surface area contributed by atoms with E-state index in [0.717, 1.165) is 5.69 Å². The van der Waals surface area contributed by atoms with Crippen LogP contribution in [0.4, 0.5) is 5.69 Å². The monoisotopic (exact) mass is 188 g/mol. The molecule has 1 aromatic rings. The highest BCUT2D eigenvalue weighted by atomic mass is 15.0. The zero-order valence-electron chi connectivity index (χ0n) is 7.75. The number of hydrogen-bond donors (Lipinski definition) is 1. The number of rotatable bonds is 2. The molecule has 1 rings (SSSR count). The molecular formula is C9H10N5+. The third-order valence-corrected chi connectivity index (χ3v) is 1.31. The van der Waals surface area contributed by atoms with E-state index in [1.54, 1.807) is 12.4 Å². The van der Waals surface area contributed by atoms with E-state index in [2.05, 4.69) is 25.1 Å². The van der Waals surface area contributed by atoms with Crippen LogP contribution in [0.15, 0.2) is 36.1 Å². The van der Waals surface area contributed by atoms with Crippen molar-refractivity contribution >= 4 is 11.5 Å². The summed E-state index contributed by atoms with van der Waals surface area (Å²) in [4.78, 5) is 15.0. The Morgan fingerprint density at radius 2 is 2.29 bits per heavy atom. The summed E-state index contributed by atoms with van der Waals surface area (Å²) in [5.74, 6) is 0.708. The molecule has 70 valence electrons. The number of hydrogen-bond acceptors (Lipinski definition) is 3. The molecule has 0 fully saturated rings.